The number of aliphatic carboxylic acids is 1. The lowest BCUT2D eigenvalue weighted by Gasteiger charge is -2.19. The summed E-state index contributed by atoms with van der Waals surface area (Å²) >= 11 is 0. The predicted octanol–water partition coefficient (Wildman–Crippen LogP) is 4.18. The standard InChI is InChI=1S/C20H19NO3/c1-20(2,19(22)23)15-8-11-17(12-9-15)24-13-16-10-7-14-5-3-4-6-18(14)21-16/h3-12H,13H2,1-2H3,(H,22,23). The van der Waals surface area contributed by atoms with Crippen molar-refractivity contribution < 1.29 is 14.6 Å². The highest BCUT2D eigenvalue weighted by Gasteiger charge is 2.29. The molecule has 3 rings (SSSR count). The maximum absolute atomic E-state index is 11.3. The Bertz CT molecular complexity index is 869. The number of aromatic nitrogens is 1. The second-order valence-corrected chi connectivity index (χ2v) is 6.24. The van der Waals surface area contributed by atoms with Gasteiger partial charge in [-0.15, -0.1) is 0 Å². The number of carbonyl (C=O) groups is 1. The number of nitrogens with zero attached hydrogens (tertiary/aromatic N) is 1. The Hall–Kier alpha value is -2.88. The van der Waals surface area contributed by atoms with E-state index in [1.807, 2.05) is 36.4 Å². The molecule has 122 valence electrons. The van der Waals surface area contributed by atoms with Crippen LogP contribution in [-0.4, -0.2) is 16.1 Å². The molecular formula is C20H19NO3. The number of carboxylic acids is 1. The molecule has 0 spiro atoms. The number of rotatable bonds is 5. The van der Waals surface area contributed by atoms with Gasteiger partial charge in [0.15, 0.2) is 0 Å². The third kappa shape index (κ3) is 3.23. The lowest BCUT2D eigenvalue weighted by atomic mass is 9.85. The summed E-state index contributed by atoms with van der Waals surface area (Å²) in [5.74, 6) is -0.161. The fourth-order valence-corrected chi connectivity index (χ4v) is 2.44. The predicted molar refractivity (Wildman–Crippen MR) is 93.2 cm³/mol. The molecule has 3 aromatic rings. The zero-order chi connectivity index (χ0) is 17.2. The Labute approximate surface area is 140 Å². The van der Waals surface area contributed by atoms with Crippen molar-refractivity contribution in [2.75, 3.05) is 0 Å². The third-order valence-corrected chi connectivity index (χ3v) is 4.15. The van der Waals surface area contributed by atoms with Gasteiger partial charge >= 0.3 is 5.97 Å². The number of hydrogen-bond acceptors (Lipinski definition) is 3. The first-order chi connectivity index (χ1) is 11.5. The molecule has 0 atom stereocenters. The van der Waals surface area contributed by atoms with Crippen molar-refractivity contribution in [3.63, 3.8) is 0 Å². The molecule has 0 saturated heterocycles. The van der Waals surface area contributed by atoms with Crippen LogP contribution in [0.25, 0.3) is 10.9 Å². The van der Waals surface area contributed by atoms with Gasteiger partial charge in [0.2, 0.25) is 0 Å². The minimum Gasteiger partial charge on any atom is -0.487 e. The van der Waals surface area contributed by atoms with E-state index in [1.165, 1.54) is 0 Å². The molecule has 0 aliphatic carbocycles. The first-order valence-corrected chi connectivity index (χ1v) is 7.78. The lowest BCUT2D eigenvalue weighted by Crippen LogP contribution is -2.28. The minimum absolute atomic E-state index is 0.368. The summed E-state index contributed by atoms with van der Waals surface area (Å²) < 4.78 is 5.76. The van der Waals surface area contributed by atoms with Gasteiger partial charge in [0, 0.05) is 5.39 Å². The zero-order valence-electron chi connectivity index (χ0n) is 13.7. The molecule has 0 fully saturated rings. The molecule has 4 nitrogen and oxygen atoms in total. The normalized spacial score (nSPS) is 11.4. The molecule has 0 radical (unpaired) electrons. The van der Waals surface area contributed by atoms with Crippen molar-refractivity contribution in [3.05, 3.63) is 71.9 Å². The van der Waals surface area contributed by atoms with Gasteiger partial charge in [-0.3, -0.25) is 4.79 Å². The average Bonchev–Trinajstić information content (AvgIpc) is 2.60. The van der Waals surface area contributed by atoms with Gasteiger partial charge in [-0.2, -0.15) is 0 Å². The van der Waals surface area contributed by atoms with Crippen LogP contribution in [0.5, 0.6) is 5.75 Å². The Balaban J connectivity index is 1.71. The number of hydrogen-bond donors (Lipinski definition) is 1. The molecule has 0 saturated carbocycles. The van der Waals surface area contributed by atoms with Crippen LogP contribution in [0.15, 0.2) is 60.7 Å². The van der Waals surface area contributed by atoms with E-state index in [2.05, 4.69) is 4.98 Å². The summed E-state index contributed by atoms with van der Waals surface area (Å²) in [7, 11) is 0. The Morgan fingerprint density at radius 1 is 1.04 bits per heavy atom. The molecule has 0 amide bonds. The summed E-state index contributed by atoms with van der Waals surface area (Å²) in [5.41, 5.74) is 1.62. The van der Waals surface area contributed by atoms with Gasteiger partial charge in [0.1, 0.15) is 12.4 Å². The molecule has 1 aromatic heterocycles. The van der Waals surface area contributed by atoms with E-state index in [-0.39, 0.29) is 0 Å². The average molecular weight is 321 g/mol. The highest BCUT2D eigenvalue weighted by Crippen LogP contribution is 2.25. The van der Waals surface area contributed by atoms with E-state index in [1.54, 1.807) is 38.1 Å². The van der Waals surface area contributed by atoms with Gasteiger partial charge in [-0.1, -0.05) is 36.4 Å². The van der Waals surface area contributed by atoms with Crippen molar-refractivity contribution in [1.29, 1.82) is 0 Å². The van der Waals surface area contributed by atoms with Gasteiger partial charge in [-0.25, -0.2) is 4.98 Å². The van der Waals surface area contributed by atoms with Crippen molar-refractivity contribution in [2.24, 2.45) is 0 Å². The van der Waals surface area contributed by atoms with Crippen LogP contribution in [0.2, 0.25) is 0 Å². The molecule has 0 bridgehead atoms. The number of pyridine rings is 1. The maximum atomic E-state index is 11.3. The quantitative estimate of drug-likeness (QED) is 0.766. The van der Waals surface area contributed by atoms with Gasteiger partial charge in [-0.05, 0) is 43.7 Å². The summed E-state index contributed by atoms with van der Waals surface area (Å²) in [6, 6.07) is 19.1. The number of ether oxygens (including phenoxy) is 1. The lowest BCUT2D eigenvalue weighted by molar-refractivity contribution is -0.142. The molecule has 0 unspecified atom stereocenters. The topological polar surface area (TPSA) is 59.4 Å². The summed E-state index contributed by atoms with van der Waals surface area (Å²) in [6.07, 6.45) is 0. The highest BCUT2D eigenvalue weighted by molar-refractivity contribution is 5.80. The molecule has 24 heavy (non-hydrogen) atoms. The van der Waals surface area contributed by atoms with Crippen LogP contribution in [0.1, 0.15) is 25.1 Å². The van der Waals surface area contributed by atoms with Gasteiger partial charge in [0.05, 0.1) is 16.6 Å². The molecule has 0 aliphatic heterocycles. The van der Waals surface area contributed by atoms with E-state index in [9.17, 15) is 9.90 Å². The number of carboxylic acid groups (broad SMARTS) is 1. The molecular weight excluding hydrogens is 302 g/mol. The molecule has 4 heteroatoms. The fraction of sp³-hybridized carbons (Fsp3) is 0.200. The fourth-order valence-electron chi connectivity index (χ4n) is 2.44. The molecule has 0 aliphatic rings. The number of fused-ring (bicyclic) bond motifs is 1. The van der Waals surface area contributed by atoms with Crippen molar-refractivity contribution in [2.45, 2.75) is 25.9 Å². The van der Waals surface area contributed by atoms with E-state index >= 15 is 0 Å². The first kappa shape index (κ1) is 16.0. The molecule has 1 N–H and O–H groups in total. The number of para-hydroxylation sites is 1. The van der Waals surface area contributed by atoms with E-state index in [0.717, 1.165) is 22.2 Å². The minimum atomic E-state index is -0.918. The van der Waals surface area contributed by atoms with Gasteiger partial charge < -0.3 is 9.84 Å². The SMILES string of the molecule is CC(C)(C(=O)O)c1ccc(OCc2ccc3ccccc3n2)cc1. The smallest absolute Gasteiger partial charge is 0.313 e. The highest BCUT2D eigenvalue weighted by atomic mass is 16.5. The van der Waals surface area contributed by atoms with E-state index < -0.39 is 11.4 Å². The van der Waals surface area contributed by atoms with Crippen LogP contribution in [0.3, 0.4) is 0 Å². The molecule has 1 heterocycles. The third-order valence-electron chi connectivity index (χ3n) is 4.15. The monoisotopic (exact) mass is 321 g/mol. The number of benzene rings is 2. The van der Waals surface area contributed by atoms with Crippen molar-refractivity contribution >= 4 is 16.9 Å². The van der Waals surface area contributed by atoms with Crippen LogP contribution >= 0.6 is 0 Å². The zero-order valence-corrected chi connectivity index (χ0v) is 13.7. The summed E-state index contributed by atoms with van der Waals surface area (Å²) in [5, 5.41) is 10.4. The van der Waals surface area contributed by atoms with Crippen molar-refractivity contribution in [1.82, 2.24) is 4.98 Å². The van der Waals surface area contributed by atoms with Crippen LogP contribution in [-0.2, 0) is 16.8 Å². The Kier molecular flexibility index (Phi) is 4.21. The summed E-state index contributed by atoms with van der Waals surface area (Å²) in [4.78, 5) is 15.9. The van der Waals surface area contributed by atoms with Crippen LogP contribution in [0, 0.1) is 0 Å². The van der Waals surface area contributed by atoms with Crippen LogP contribution in [0.4, 0.5) is 0 Å². The van der Waals surface area contributed by atoms with E-state index in [4.69, 9.17) is 4.74 Å². The summed E-state index contributed by atoms with van der Waals surface area (Å²) in [6.45, 7) is 3.74. The van der Waals surface area contributed by atoms with Gasteiger partial charge in [0.25, 0.3) is 0 Å². The van der Waals surface area contributed by atoms with E-state index in [0.29, 0.717) is 12.4 Å². The van der Waals surface area contributed by atoms with Crippen LogP contribution < -0.4 is 4.74 Å². The Morgan fingerprint density at radius 2 is 1.75 bits per heavy atom. The first-order valence-electron chi connectivity index (χ1n) is 7.78. The largest absolute Gasteiger partial charge is 0.487 e. The Morgan fingerprint density at radius 3 is 2.46 bits per heavy atom. The molecule has 2 aromatic carbocycles. The maximum Gasteiger partial charge on any atom is 0.313 e. The second kappa shape index (κ2) is 6.32. The second-order valence-electron chi connectivity index (χ2n) is 6.24. The van der Waals surface area contributed by atoms with Crippen molar-refractivity contribution in [3.8, 4) is 5.75 Å².